The van der Waals surface area contributed by atoms with E-state index in [4.69, 9.17) is 9.47 Å². The molecule has 3 aromatic carbocycles. The molecule has 0 unspecified atom stereocenters. The summed E-state index contributed by atoms with van der Waals surface area (Å²) in [7, 11) is 3.16. The van der Waals surface area contributed by atoms with Crippen LogP contribution in [-0.2, 0) is 11.2 Å². The second-order valence-corrected chi connectivity index (χ2v) is 8.48. The summed E-state index contributed by atoms with van der Waals surface area (Å²) in [5.41, 5.74) is 3.23. The van der Waals surface area contributed by atoms with Gasteiger partial charge in [0.25, 0.3) is 0 Å². The van der Waals surface area contributed by atoms with Crippen molar-refractivity contribution in [3.8, 4) is 11.5 Å². The molecule has 0 saturated heterocycles. The molecule has 0 aliphatic carbocycles. The molecule has 5 nitrogen and oxygen atoms in total. The standard InChI is InChI=1S/C26H27NO4S/c1-18-4-11-23(12-5-18)32-15-14-26(29)27-21-8-6-19(7-9-21)24(28)17-20-16-22(30-2)10-13-25(20)31-3/h4-13,16H,14-15,17H2,1-3H3,(H,27,29). The van der Waals surface area contributed by atoms with E-state index < -0.39 is 0 Å². The SMILES string of the molecule is COc1ccc(OC)c(CC(=O)c2ccc(NC(=O)CCSc3ccc(C)cc3)cc2)c1. The van der Waals surface area contributed by atoms with E-state index in [-0.39, 0.29) is 18.1 Å². The van der Waals surface area contributed by atoms with Crippen molar-refractivity contribution < 1.29 is 19.1 Å². The maximum Gasteiger partial charge on any atom is 0.225 e. The predicted octanol–water partition coefficient (Wildman–Crippen LogP) is 5.56. The van der Waals surface area contributed by atoms with Crippen molar-refractivity contribution in [1.29, 1.82) is 0 Å². The molecule has 0 spiro atoms. The lowest BCUT2D eigenvalue weighted by molar-refractivity contribution is -0.115. The Labute approximate surface area is 193 Å². The number of thioether (sulfide) groups is 1. The van der Waals surface area contributed by atoms with Gasteiger partial charge in [-0.15, -0.1) is 11.8 Å². The number of methoxy groups -OCH3 is 2. The van der Waals surface area contributed by atoms with E-state index in [9.17, 15) is 9.59 Å². The molecular weight excluding hydrogens is 422 g/mol. The van der Waals surface area contributed by atoms with Crippen LogP contribution in [0.4, 0.5) is 5.69 Å². The van der Waals surface area contributed by atoms with E-state index in [1.54, 1.807) is 68.4 Å². The second kappa shape index (κ2) is 11.4. The minimum Gasteiger partial charge on any atom is -0.497 e. The van der Waals surface area contributed by atoms with Crippen LogP contribution in [0.2, 0.25) is 0 Å². The summed E-state index contributed by atoms with van der Waals surface area (Å²) in [6, 6.07) is 20.6. The molecule has 3 aromatic rings. The summed E-state index contributed by atoms with van der Waals surface area (Å²) in [4.78, 5) is 26.1. The molecule has 32 heavy (non-hydrogen) atoms. The van der Waals surface area contributed by atoms with E-state index in [0.717, 1.165) is 10.5 Å². The number of benzene rings is 3. The number of Topliss-reactive ketones (excluding diaryl/α,β-unsaturated/α-hetero) is 1. The van der Waals surface area contributed by atoms with E-state index in [0.29, 0.717) is 34.9 Å². The van der Waals surface area contributed by atoms with Gasteiger partial charge in [0.15, 0.2) is 5.78 Å². The highest BCUT2D eigenvalue weighted by molar-refractivity contribution is 7.99. The second-order valence-electron chi connectivity index (χ2n) is 7.31. The van der Waals surface area contributed by atoms with Gasteiger partial charge in [0, 0.05) is 40.3 Å². The van der Waals surface area contributed by atoms with Gasteiger partial charge >= 0.3 is 0 Å². The highest BCUT2D eigenvalue weighted by atomic mass is 32.2. The molecule has 0 aromatic heterocycles. The Morgan fingerprint density at radius 1 is 0.906 bits per heavy atom. The zero-order valence-corrected chi connectivity index (χ0v) is 19.3. The lowest BCUT2D eigenvalue weighted by Crippen LogP contribution is -2.12. The van der Waals surface area contributed by atoms with Crippen molar-refractivity contribution in [3.05, 3.63) is 83.4 Å². The van der Waals surface area contributed by atoms with Gasteiger partial charge in [-0.25, -0.2) is 0 Å². The van der Waals surface area contributed by atoms with Gasteiger partial charge in [0.05, 0.1) is 14.2 Å². The minimum absolute atomic E-state index is 0.0380. The molecule has 0 heterocycles. The van der Waals surface area contributed by atoms with Gasteiger partial charge in [-0.05, 0) is 61.5 Å². The van der Waals surface area contributed by atoms with Crippen LogP contribution in [0.15, 0.2) is 71.6 Å². The number of nitrogens with one attached hydrogen (secondary N) is 1. The first kappa shape index (κ1) is 23.4. The number of carbonyl (C=O) groups excluding carboxylic acids is 2. The predicted molar refractivity (Wildman–Crippen MR) is 129 cm³/mol. The van der Waals surface area contributed by atoms with Crippen molar-refractivity contribution in [3.63, 3.8) is 0 Å². The Morgan fingerprint density at radius 3 is 2.28 bits per heavy atom. The average molecular weight is 450 g/mol. The number of amides is 1. The quantitative estimate of drug-likeness (QED) is 0.324. The highest BCUT2D eigenvalue weighted by Crippen LogP contribution is 2.25. The van der Waals surface area contributed by atoms with Gasteiger partial charge in [-0.1, -0.05) is 17.7 Å². The summed E-state index contributed by atoms with van der Waals surface area (Å²) in [5.74, 6) is 1.93. The van der Waals surface area contributed by atoms with Crippen LogP contribution < -0.4 is 14.8 Å². The van der Waals surface area contributed by atoms with Crippen molar-refractivity contribution in [1.82, 2.24) is 0 Å². The summed E-state index contributed by atoms with van der Waals surface area (Å²) in [6.45, 7) is 2.05. The minimum atomic E-state index is -0.0511. The van der Waals surface area contributed by atoms with Crippen LogP contribution >= 0.6 is 11.8 Å². The number of rotatable bonds is 10. The molecule has 0 bridgehead atoms. The van der Waals surface area contributed by atoms with Crippen molar-refractivity contribution in [2.45, 2.75) is 24.7 Å². The van der Waals surface area contributed by atoms with Crippen LogP contribution in [0.25, 0.3) is 0 Å². The fraction of sp³-hybridized carbons (Fsp3) is 0.231. The molecular formula is C26H27NO4S. The van der Waals surface area contributed by atoms with E-state index in [2.05, 4.69) is 36.5 Å². The zero-order valence-electron chi connectivity index (χ0n) is 18.5. The first-order valence-corrected chi connectivity index (χ1v) is 11.3. The van der Waals surface area contributed by atoms with Gasteiger partial charge in [0.2, 0.25) is 5.91 Å². The normalized spacial score (nSPS) is 10.5. The third-order valence-electron chi connectivity index (χ3n) is 4.95. The van der Waals surface area contributed by atoms with Gasteiger partial charge < -0.3 is 14.8 Å². The summed E-state index contributed by atoms with van der Waals surface area (Å²) >= 11 is 1.66. The Balaban J connectivity index is 1.52. The molecule has 0 aliphatic rings. The molecule has 1 N–H and O–H groups in total. The third kappa shape index (κ3) is 6.62. The topological polar surface area (TPSA) is 64.6 Å². The van der Waals surface area contributed by atoms with Crippen LogP contribution in [0, 0.1) is 6.92 Å². The van der Waals surface area contributed by atoms with E-state index in [1.165, 1.54) is 5.56 Å². The molecule has 0 saturated carbocycles. The molecule has 1 amide bonds. The number of ether oxygens (including phenoxy) is 2. The van der Waals surface area contributed by atoms with Gasteiger partial charge in [0.1, 0.15) is 11.5 Å². The zero-order chi connectivity index (χ0) is 22.9. The van der Waals surface area contributed by atoms with Crippen molar-refractivity contribution >= 4 is 29.1 Å². The maximum atomic E-state index is 12.7. The average Bonchev–Trinajstić information content (AvgIpc) is 2.80. The van der Waals surface area contributed by atoms with Crippen LogP contribution in [0.1, 0.15) is 27.9 Å². The Bertz CT molecular complexity index is 1060. The molecule has 166 valence electrons. The fourth-order valence-electron chi connectivity index (χ4n) is 3.15. The summed E-state index contributed by atoms with van der Waals surface area (Å²) in [5, 5.41) is 2.89. The van der Waals surface area contributed by atoms with Gasteiger partial charge in [-0.3, -0.25) is 9.59 Å². The molecule has 6 heteroatoms. The lowest BCUT2D eigenvalue weighted by atomic mass is 10.0. The largest absolute Gasteiger partial charge is 0.497 e. The Kier molecular flexibility index (Phi) is 8.34. The number of hydrogen-bond acceptors (Lipinski definition) is 5. The fourth-order valence-corrected chi connectivity index (χ4v) is 4.01. The number of carbonyl (C=O) groups is 2. The van der Waals surface area contributed by atoms with Crippen LogP contribution in [-0.4, -0.2) is 31.7 Å². The van der Waals surface area contributed by atoms with Crippen LogP contribution in [0.5, 0.6) is 11.5 Å². The first-order chi connectivity index (χ1) is 15.5. The molecule has 0 atom stereocenters. The first-order valence-electron chi connectivity index (χ1n) is 10.3. The molecule has 0 fully saturated rings. The number of hydrogen-bond donors (Lipinski definition) is 1. The Morgan fingerprint density at radius 2 is 1.62 bits per heavy atom. The van der Waals surface area contributed by atoms with E-state index >= 15 is 0 Å². The molecule has 3 rings (SSSR count). The summed E-state index contributed by atoms with van der Waals surface area (Å²) < 4.78 is 10.6. The van der Waals surface area contributed by atoms with Crippen LogP contribution in [0.3, 0.4) is 0 Å². The Hall–Kier alpha value is -3.25. The number of ketones is 1. The number of aryl methyl sites for hydroxylation is 1. The number of anilines is 1. The molecule has 0 radical (unpaired) electrons. The van der Waals surface area contributed by atoms with Crippen molar-refractivity contribution in [2.75, 3.05) is 25.3 Å². The molecule has 0 aliphatic heterocycles. The smallest absolute Gasteiger partial charge is 0.225 e. The third-order valence-corrected chi connectivity index (χ3v) is 5.96. The van der Waals surface area contributed by atoms with E-state index in [1.807, 2.05) is 0 Å². The highest BCUT2D eigenvalue weighted by Gasteiger charge is 2.13. The van der Waals surface area contributed by atoms with Gasteiger partial charge in [-0.2, -0.15) is 0 Å². The lowest BCUT2D eigenvalue weighted by Gasteiger charge is -2.10. The summed E-state index contributed by atoms with van der Waals surface area (Å²) in [6.07, 6.45) is 0.608. The maximum absolute atomic E-state index is 12.7. The monoisotopic (exact) mass is 449 g/mol. The van der Waals surface area contributed by atoms with Crippen molar-refractivity contribution in [2.24, 2.45) is 0 Å².